The average Bonchev–Trinajstić information content (AvgIpc) is 2.63. The lowest BCUT2D eigenvalue weighted by molar-refractivity contribution is 0.151. The van der Waals surface area contributed by atoms with E-state index in [9.17, 15) is 8.78 Å². The minimum atomic E-state index is -2.36. The number of halogens is 2. The molecule has 0 saturated carbocycles. The van der Waals surface area contributed by atoms with E-state index >= 15 is 0 Å². The molecule has 1 heterocycles. The minimum Gasteiger partial charge on any atom is -0.374 e. The fourth-order valence-electron chi connectivity index (χ4n) is 1.69. The third-order valence-corrected chi connectivity index (χ3v) is 2.49. The normalized spacial score (nSPS) is 13.6. The van der Waals surface area contributed by atoms with Crippen molar-refractivity contribution >= 4 is 5.69 Å². The van der Waals surface area contributed by atoms with E-state index in [0.29, 0.717) is 0 Å². The fourth-order valence-corrected chi connectivity index (χ4v) is 1.69. The minimum absolute atomic E-state index is 0.118. The van der Waals surface area contributed by atoms with Crippen LogP contribution in [0.3, 0.4) is 0 Å². The van der Waals surface area contributed by atoms with Gasteiger partial charge in [0, 0.05) is 24.8 Å². The quantitative estimate of drug-likeness (QED) is 0.688. The monoisotopic (exact) mass is 213 g/mol. The van der Waals surface area contributed by atoms with E-state index in [1.807, 2.05) is 25.8 Å². The van der Waals surface area contributed by atoms with Crippen LogP contribution in [0.1, 0.15) is 31.4 Å². The molecule has 1 aromatic rings. The lowest BCUT2D eigenvalue weighted by atomic mass is 10.1. The van der Waals surface area contributed by atoms with E-state index in [1.54, 1.807) is 12.1 Å². The van der Waals surface area contributed by atoms with Crippen molar-refractivity contribution in [2.75, 3.05) is 18.5 Å². The third kappa shape index (κ3) is 2.46. The number of hydrogen-bond donors (Lipinski definition) is 0. The van der Waals surface area contributed by atoms with Crippen LogP contribution in [0.4, 0.5) is 14.5 Å². The molecule has 0 saturated heterocycles. The first-order valence-electron chi connectivity index (χ1n) is 5.30. The molecule has 0 spiro atoms. The smallest absolute Gasteiger partial charge is 0.263 e. The summed E-state index contributed by atoms with van der Waals surface area (Å²) in [6.07, 6.45) is -1.39. The molecule has 1 aliphatic heterocycles. The predicted molar refractivity (Wildman–Crippen MR) is 59.7 cm³/mol. The summed E-state index contributed by atoms with van der Waals surface area (Å²) in [4.78, 5) is 2.02. The number of benzene rings is 1. The van der Waals surface area contributed by atoms with Gasteiger partial charge in [0.05, 0.1) is 0 Å². The van der Waals surface area contributed by atoms with E-state index in [4.69, 9.17) is 0 Å². The summed E-state index contributed by atoms with van der Waals surface area (Å²) in [5, 5.41) is 0. The second-order valence-electron chi connectivity index (χ2n) is 3.36. The average molecular weight is 213 g/mol. The molecule has 0 amide bonds. The van der Waals surface area contributed by atoms with Gasteiger partial charge in [-0.2, -0.15) is 0 Å². The molecule has 0 unspecified atom stereocenters. The van der Waals surface area contributed by atoms with Gasteiger partial charge in [-0.15, -0.1) is 0 Å². The van der Waals surface area contributed by atoms with Crippen molar-refractivity contribution in [2.24, 2.45) is 0 Å². The Morgan fingerprint density at radius 3 is 2.53 bits per heavy atom. The highest BCUT2D eigenvalue weighted by molar-refractivity contribution is 5.59. The van der Waals surface area contributed by atoms with Gasteiger partial charge in [-0.05, 0) is 18.1 Å². The van der Waals surface area contributed by atoms with Crippen LogP contribution < -0.4 is 4.90 Å². The van der Waals surface area contributed by atoms with Crippen LogP contribution >= 0.6 is 0 Å². The van der Waals surface area contributed by atoms with Crippen molar-refractivity contribution < 1.29 is 8.78 Å². The number of fused-ring (bicyclic) bond motifs is 1. The van der Waals surface area contributed by atoms with Gasteiger partial charge in [0.15, 0.2) is 0 Å². The molecular weight excluding hydrogens is 196 g/mol. The van der Waals surface area contributed by atoms with Crippen molar-refractivity contribution in [2.45, 2.75) is 26.7 Å². The lowest BCUT2D eigenvalue weighted by Gasteiger charge is -2.12. The zero-order valence-corrected chi connectivity index (χ0v) is 9.43. The first kappa shape index (κ1) is 12.0. The Kier molecular flexibility index (Phi) is 4.06. The highest BCUT2D eigenvalue weighted by Gasteiger charge is 2.17. The maximum absolute atomic E-state index is 12.3. The van der Waals surface area contributed by atoms with Crippen LogP contribution in [0, 0.1) is 0 Å². The van der Waals surface area contributed by atoms with Crippen molar-refractivity contribution in [3.8, 4) is 0 Å². The number of rotatable bonds is 1. The second kappa shape index (κ2) is 5.10. The molecule has 3 heteroatoms. The maximum atomic E-state index is 12.3. The van der Waals surface area contributed by atoms with E-state index in [-0.39, 0.29) is 5.56 Å². The first-order valence-corrected chi connectivity index (χ1v) is 5.30. The largest absolute Gasteiger partial charge is 0.374 e. The molecule has 0 radical (unpaired) electrons. The van der Waals surface area contributed by atoms with E-state index in [0.717, 1.165) is 18.7 Å². The molecule has 0 bridgehead atoms. The maximum Gasteiger partial charge on any atom is 0.263 e. The van der Waals surface area contributed by atoms with Crippen LogP contribution in [0.5, 0.6) is 0 Å². The SMILES string of the molecule is CC.CN1CCc2ccc(C(F)F)cc21. The van der Waals surface area contributed by atoms with Gasteiger partial charge in [0.25, 0.3) is 6.43 Å². The van der Waals surface area contributed by atoms with Gasteiger partial charge >= 0.3 is 0 Å². The Balaban J connectivity index is 0.000000531. The summed E-state index contributed by atoms with van der Waals surface area (Å²) in [7, 11) is 1.93. The Bertz CT molecular complexity index is 323. The summed E-state index contributed by atoms with van der Waals surface area (Å²) in [6.45, 7) is 4.93. The number of likely N-dealkylation sites (N-methyl/N-ethyl adjacent to an activating group) is 1. The molecule has 0 fully saturated rings. The zero-order valence-electron chi connectivity index (χ0n) is 9.43. The predicted octanol–water partition coefficient (Wildman–Crippen LogP) is 3.64. The zero-order chi connectivity index (χ0) is 11.4. The van der Waals surface area contributed by atoms with E-state index in [2.05, 4.69) is 0 Å². The molecule has 0 atom stereocenters. The highest BCUT2D eigenvalue weighted by atomic mass is 19.3. The molecule has 0 aromatic heterocycles. The molecule has 1 aliphatic rings. The Hall–Kier alpha value is -1.12. The number of hydrogen-bond acceptors (Lipinski definition) is 1. The Morgan fingerprint density at radius 2 is 1.93 bits per heavy atom. The first-order chi connectivity index (χ1) is 7.18. The van der Waals surface area contributed by atoms with Crippen molar-refractivity contribution in [3.05, 3.63) is 29.3 Å². The molecule has 2 rings (SSSR count). The molecule has 15 heavy (non-hydrogen) atoms. The van der Waals surface area contributed by atoms with E-state index in [1.165, 1.54) is 11.6 Å². The van der Waals surface area contributed by atoms with Gasteiger partial charge in [-0.3, -0.25) is 0 Å². The van der Waals surface area contributed by atoms with Crippen molar-refractivity contribution in [3.63, 3.8) is 0 Å². The number of anilines is 1. The van der Waals surface area contributed by atoms with E-state index < -0.39 is 6.43 Å². The van der Waals surface area contributed by atoms with Crippen LogP contribution in [-0.4, -0.2) is 13.6 Å². The summed E-state index contributed by atoms with van der Waals surface area (Å²) >= 11 is 0. The molecule has 1 aromatic carbocycles. The van der Waals surface area contributed by atoms with Gasteiger partial charge < -0.3 is 4.90 Å². The molecular formula is C12H17F2N. The fraction of sp³-hybridized carbons (Fsp3) is 0.500. The molecule has 0 N–H and O–H groups in total. The molecule has 0 aliphatic carbocycles. The van der Waals surface area contributed by atoms with Crippen LogP contribution in [0.15, 0.2) is 18.2 Å². The lowest BCUT2D eigenvalue weighted by Crippen LogP contribution is -2.12. The Morgan fingerprint density at radius 1 is 1.27 bits per heavy atom. The van der Waals surface area contributed by atoms with Crippen LogP contribution in [0.25, 0.3) is 0 Å². The molecule has 84 valence electrons. The third-order valence-electron chi connectivity index (χ3n) is 2.49. The van der Waals surface area contributed by atoms with Crippen molar-refractivity contribution in [1.82, 2.24) is 0 Å². The van der Waals surface area contributed by atoms with Crippen LogP contribution in [0.2, 0.25) is 0 Å². The number of alkyl halides is 2. The Labute approximate surface area is 89.7 Å². The van der Waals surface area contributed by atoms with Gasteiger partial charge in [0.1, 0.15) is 0 Å². The van der Waals surface area contributed by atoms with Crippen LogP contribution in [-0.2, 0) is 6.42 Å². The summed E-state index contributed by atoms with van der Waals surface area (Å²) < 4.78 is 24.7. The van der Waals surface area contributed by atoms with Crippen molar-refractivity contribution in [1.29, 1.82) is 0 Å². The topological polar surface area (TPSA) is 3.24 Å². The summed E-state index contributed by atoms with van der Waals surface area (Å²) in [5.74, 6) is 0. The second-order valence-corrected chi connectivity index (χ2v) is 3.36. The summed E-state index contributed by atoms with van der Waals surface area (Å²) in [6, 6.07) is 4.91. The molecule has 1 nitrogen and oxygen atoms in total. The standard InChI is InChI=1S/C10H11F2N.C2H6/c1-13-5-4-7-2-3-8(10(11)12)6-9(7)13;1-2/h2-3,6,10H,4-5H2,1H3;1-2H3. The van der Waals surface area contributed by atoms with Gasteiger partial charge in [0.2, 0.25) is 0 Å². The summed E-state index contributed by atoms with van der Waals surface area (Å²) in [5.41, 5.74) is 2.25. The van der Waals surface area contributed by atoms with Gasteiger partial charge in [-0.25, -0.2) is 8.78 Å². The highest BCUT2D eigenvalue weighted by Crippen LogP contribution is 2.30. The van der Waals surface area contributed by atoms with Gasteiger partial charge in [-0.1, -0.05) is 26.0 Å². The number of nitrogens with zero attached hydrogens (tertiary/aromatic N) is 1.